The molecule has 1 aromatic rings. The van der Waals surface area contributed by atoms with Crippen LogP contribution in [0.15, 0.2) is 24.3 Å². The average molecular weight is 252 g/mol. The van der Waals surface area contributed by atoms with Crippen molar-refractivity contribution in [3.63, 3.8) is 0 Å². The molecule has 102 valence electrons. The third kappa shape index (κ3) is 4.29. The molecule has 1 aromatic carbocycles. The fourth-order valence-electron chi connectivity index (χ4n) is 1.78. The third-order valence-electron chi connectivity index (χ3n) is 3.31. The second-order valence-electron chi connectivity index (χ2n) is 4.99. The van der Waals surface area contributed by atoms with Crippen LogP contribution in [-0.4, -0.2) is 19.8 Å². The van der Waals surface area contributed by atoms with Gasteiger partial charge < -0.3 is 9.47 Å². The summed E-state index contributed by atoms with van der Waals surface area (Å²) in [5.74, 6) is 6.48. The molecule has 0 heterocycles. The lowest BCUT2D eigenvalue weighted by Crippen LogP contribution is -2.31. The number of hydrazine groups is 1. The summed E-state index contributed by atoms with van der Waals surface area (Å²) >= 11 is 0. The lowest BCUT2D eigenvalue weighted by molar-refractivity contribution is 0.0117. The first-order valence-electron chi connectivity index (χ1n) is 6.17. The third-order valence-corrected chi connectivity index (χ3v) is 3.31. The minimum absolute atomic E-state index is 0.123. The molecule has 1 atom stereocenters. The highest BCUT2D eigenvalue weighted by Gasteiger charge is 2.19. The Labute approximate surface area is 109 Å². The molecule has 18 heavy (non-hydrogen) atoms. The summed E-state index contributed by atoms with van der Waals surface area (Å²) in [5.41, 5.74) is 3.89. The summed E-state index contributed by atoms with van der Waals surface area (Å²) in [6.07, 6.45) is 1.86. The van der Waals surface area contributed by atoms with Crippen LogP contribution in [0.2, 0.25) is 0 Å². The molecule has 0 bridgehead atoms. The van der Waals surface area contributed by atoms with E-state index in [1.54, 1.807) is 14.2 Å². The Morgan fingerprint density at radius 1 is 1.22 bits per heavy atom. The van der Waals surface area contributed by atoms with Crippen molar-refractivity contribution in [1.82, 2.24) is 5.43 Å². The first-order valence-corrected chi connectivity index (χ1v) is 6.17. The van der Waals surface area contributed by atoms with Crippen molar-refractivity contribution >= 4 is 0 Å². The molecule has 0 fully saturated rings. The molecule has 0 aliphatic carbocycles. The van der Waals surface area contributed by atoms with Crippen molar-refractivity contribution in [2.45, 2.75) is 38.3 Å². The molecule has 0 aliphatic rings. The van der Waals surface area contributed by atoms with Gasteiger partial charge >= 0.3 is 0 Å². The second-order valence-corrected chi connectivity index (χ2v) is 4.99. The number of hydrogen-bond acceptors (Lipinski definition) is 4. The molecule has 0 radical (unpaired) electrons. The Morgan fingerprint density at radius 2 is 1.83 bits per heavy atom. The van der Waals surface area contributed by atoms with Crippen molar-refractivity contribution in [2.75, 3.05) is 14.2 Å². The van der Waals surface area contributed by atoms with Gasteiger partial charge in [-0.25, -0.2) is 0 Å². The first-order chi connectivity index (χ1) is 8.52. The van der Waals surface area contributed by atoms with Gasteiger partial charge in [0.2, 0.25) is 0 Å². The summed E-state index contributed by atoms with van der Waals surface area (Å²) in [6.45, 7) is 4.16. The minimum Gasteiger partial charge on any atom is -0.497 e. The van der Waals surface area contributed by atoms with E-state index in [2.05, 4.69) is 19.3 Å². The van der Waals surface area contributed by atoms with Crippen molar-refractivity contribution < 1.29 is 9.47 Å². The minimum atomic E-state index is -0.123. The van der Waals surface area contributed by atoms with Gasteiger partial charge in [0, 0.05) is 13.2 Å². The molecule has 0 saturated carbocycles. The van der Waals surface area contributed by atoms with E-state index in [0.29, 0.717) is 0 Å². The maximum atomic E-state index is 5.62. The molecule has 0 amide bonds. The summed E-state index contributed by atoms with van der Waals surface area (Å²) in [7, 11) is 3.40. The van der Waals surface area contributed by atoms with Crippen LogP contribution in [0.1, 0.15) is 38.3 Å². The molecule has 0 aliphatic heterocycles. The standard InChI is InChI=1S/C14H24N2O2/c1-14(2,18-4)10-9-13(16-15)11-5-7-12(17-3)8-6-11/h5-8,13,16H,9-10,15H2,1-4H3. The van der Waals surface area contributed by atoms with Crippen LogP contribution in [0.4, 0.5) is 0 Å². The summed E-state index contributed by atoms with van der Waals surface area (Å²) in [6, 6.07) is 8.08. The van der Waals surface area contributed by atoms with Crippen LogP contribution in [0.25, 0.3) is 0 Å². The van der Waals surface area contributed by atoms with Crippen molar-refractivity contribution in [3.05, 3.63) is 29.8 Å². The van der Waals surface area contributed by atoms with E-state index in [1.807, 2.05) is 24.3 Å². The van der Waals surface area contributed by atoms with E-state index in [4.69, 9.17) is 15.3 Å². The SMILES string of the molecule is COc1ccc(C(CCC(C)(C)OC)NN)cc1. The van der Waals surface area contributed by atoms with Gasteiger partial charge in [-0.1, -0.05) is 12.1 Å². The van der Waals surface area contributed by atoms with Gasteiger partial charge in [-0.2, -0.15) is 0 Å². The molecule has 4 nitrogen and oxygen atoms in total. The summed E-state index contributed by atoms with van der Waals surface area (Å²) in [5, 5.41) is 0. The fourth-order valence-corrected chi connectivity index (χ4v) is 1.78. The normalized spacial score (nSPS) is 13.4. The average Bonchev–Trinajstić information content (AvgIpc) is 2.40. The number of nitrogens with two attached hydrogens (primary N) is 1. The molecular weight excluding hydrogens is 228 g/mol. The van der Waals surface area contributed by atoms with Crippen LogP contribution in [0.5, 0.6) is 5.75 Å². The Morgan fingerprint density at radius 3 is 2.28 bits per heavy atom. The molecule has 0 aromatic heterocycles. The Hall–Kier alpha value is -1.10. The first kappa shape index (κ1) is 15.0. The van der Waals surface area contributed by atoms with Crippen LogP contribution < -0.4 is 16.0 Å². The Balaban J connectivity index is 2.65. The topological polar surface area (TPSA) is 56.5 Å². The van der Waals surface area contributed by atoms with E-state index in [0.717, 1.165) is 24.2 Å². The molecule has 4 heteroatoms. The zero-order valence-corrected chi connectivity index (χ0v) is 11.7. The predicted molar refractivity (Wildman–Crippen MR) is 73.4 cm³/mol. The molecule has 0 spiro atoms. The molecule has 3 N–H and O–H groups in total. The van der Waals surface area contributed by atoms with Crippen LogP contribution in [0, 0.1) is 0 Å². The number of nitrogens with one attached hydrogen (secondary N) is 1. The van der Waals surface area contributed by atoms with Crippen molar-refractivity contribution in [2.24, 2.45) is 5.84 Å². The second kappa shape index (κ2) is 6.73. The van der Waals surface area contributed by atoms with Gasteiger partial charge in [0.15, 0.2) is 0 Å². The Kier molecular flexibility index (Phi) is 5.59. The quantitative estimate of drug-likeness (QED) is 0.578. The number of benzene rings is 1. The van der Waals surface area contributed by atoms with Gasteiger partial charge in [0.05, 0.1) is 12.7 Å². The number of ether oxygens (including phenoxy) is 2. The summed E-state index contributed by atoms with van der Waals surface area (Å²) < 4.78 is 10.6. The zero-order valence-electron chi connectivity index (χ0n) is 11.7. The van der Waals surface area contributed by atoms with Crippen LogP contribution in [-0.2, 0) is 4.74 Å². The van der Waals surface area contributed by atoms with Gasteiger partial charge in [-0.3, -0.25) is 11.3 Å². The Bertz CT molecular complexity index is 349. The van der Waals surface area contributed by atoms with Gasteiger partial charge in [-0.15, -0.1) is 0 Å². The van der Waals surface area contributed by atoms with E-state index in [9.17, 15) is 0 Å². The fraction of sp³-hybridized carbons (Fsp3) is 0.571. The lowest BCUT2D eigenvalue weighted by atomic mass is 9.95. The smallest absolute Gasteiger partial charge is 0.118 e. The molecule has 1 unspecified atom stereocenters. The monoisotopic (exact) mass is 252 g/mol. The molecule has 1 rings (SSSR count). The van der Waals surface area contributed by atoms with Gasteiger partial charge in [0.1, 0.15) is 5.75 Å². The van der Waals surface area contributed by atoms with Crippen LogP contribution >= 0.6 is 0 Å². The predicted octanol–water partition coefficient (Wildman–Crippen LogP) is 2.40. The highest BCUT2D eigenvalue weighted by Crippen LogP contribution is 2.25. The van der Waals surface area contributed by atoms with Gasteiger partial charge in [0.25, 0.3) is 0 Å². The van der Waals surface area contributed by atoms with Crippen molar-refractivity contribution in [1.29, 1.82) is 0 Å². The lowest BCUT2D eigenvalue weighted by Gasteiger charge is -2.25. The van der Waals surface area contributed by atoms with E-state index in [-0.39, 0.29) is 11.6 Å². The van der Waals surface area contributed by atoms with Crippen LogP contribution in [0.3, 0.4) is 0 Å². The van der Waals surface area contributed by atoms with E-state index < -0.39 is 0 Å². The highest BCUT2D eigenvalue weighted by molar-refractivity contribution is 5.29. The largest absolute Gasteiger partial charge is 0.497 e. The highest BCUT2D eigenvalue weighted by atomic mass is 16.5. The van der Waals surface area contributed by atoms with Crippen molar-refractivity contribution in [3.8, 4) is 5.75 Å². The zero-order chi connectivity index (χ0) is 13.6. The van der Waals surface area contributed by atoms with E-state index in [1.165, 1.54) is 0 Å². The number of hydrogen-bond donors (Lipinski definition) is 2. The number of rotatable bonds is 7. The maximum absolute atomic E-state index is 5.62. The molecule has 0 saturated heterocycles. The maximum Gasteiger partial charge on any atom is 0.118 e. The van der Waals surface area contributed by atoms with E-state index >= 15 is 0 Å². The van der Waals surface area contributed by atoms with Gasteiger partial charge in [-0.05, 0) is 44.4 Å². The summed E-state index contributed by atoms with van der Waals surface area (Å²) in [4.78, 5) is 0. The number of methoxy groups -OCH3 is 2. The molecular formula is C14H24N2O2.